The molecule has 0 aliphatic rings. The number of hydrogen-bond acceptors (Lipinski definition) is 2. The molecule has 2 aromatic carbocycles. The van der Waals surface area contributed by atoms with Gasteiger partial charge in [0.05, 0.1) is 5.02 Å². The highest BCUT2D eigenvalue weighted by Crippen LogP contribution is 2.22. The predicted octanol–water partition coefficient (Wildman–Crippen LogP) is 5.15. The van der Waals surface area contributed by atoms with Gasteiger partial charge < -0.3 is 5.32 Å². The van der Waals surface area contributed by atoms with Gasteiger partial charge in [0.25, 0.3) is 0 Å². The normalized spacial score (nSPS) is 10.2. The van der Waals surface area contributed by atoms with Crippen LogP contribution in [-0.2, 0) is 0 Å². The van der Waals surface area contributed by atoms with E-state index in [1.54, 1.807) is 6.20 Å². The molecule has 0 bridgehead atoms. The molecule has 0 spiro atoms. The van der Waals surface area contributed by atoms with Crippen LogP contribution < -0.4 is 5.32 Å². The van der Waals surface area contributed by atoms with E-state index in [-0.39, 0.29) is 0 Å². The number of aromatic nitrogens is 1. The van der Waals surface area contributed by atoms with E-state index >= 15 is 0 Å². The first-order valence-corrected chi connectivity index (χ1v) is 6.73. The van der Waals surface area contributed by atoms with Crippen molar-refractivity contribution in [2.45, 2.75) is 0 Å². The van der Waals surface area contributed by atoms with Crippen LogP contribution in [0, 0.1) is 0 Å². The van der Waals surface area contributed by atoms with E-state index in [4.69, 9.17) is 11.6 Å². The maximum Gasteiger partial charge on any atom is 0.130 e. The highest BCUT2D eigenvalue weighted by Gasteiger charge is 1.99. The van der Waals surface area contributed by atoms with Gasteiger partial charge in [0, 0.05) is 11.9 Å². The summed E-state index contributed by atoms with van der Waals surface area (Å²) in [5.74, 6) is 0.780. The van der Waals surface area contributed by atoms with Gasteiger partial charge in [-0.25, -0.2) is 4.98 Å². The van der Waals surface area contributed by atoms with E-state index in [1.807, 2.05) is 42.5 Å². The summed E-state index contributed by atoms with van der Waals surface area (Å²) < 4.78 is 0. The maximum absolute atomic E-state index is 5.81. The minimum Gasteiger partial charge on any atom is -0.340 e. The van der Waals surface area contributed by atoms with Gasteiger partial charge in [-0.15, -0.1) is 0 Å². The summed E-state index contributed by atoms with van der Waals surface area (Å²) >= 11 is 5.81. The lowest BCUT2D eigenvalue weighted by molar-refractivity contribution is 1.31. The SMILES string of the molecule is Clc1ccc(Nc2ccc(-c3ccccc3)cc2)nc1. The fourth-order valence-corrected chi connectivity index (χ4v) is 2.09. The number of pyridine rings is 1. The number of hydrogen-bond donors (Lipinski definition) is 1. The Morgan fingerprint density at radius 3 is 2.10 bits per heavy atom. The minimum absolute atomic E-state index is 0.634. The van der Waals surface area contributed by atoms with Gasteiger partial charge in [-0.05, 0) is 35.4 Å². The second-order valence-electron chi connectivity index (χ2n) is 4.43. The average molecular weight is 281 g/mol. The molecule has 1 aromatic heterocycles. The van der Waals surface area contributed by atoms with E-state index in [2.05, 4.69) is 34.6 Å². The molecule has 2 nitrogen and oxygen atoms in total. The van der Waals surface area contributed by atoms with Crippen molar-refractivity contribution in [3.05, 3.63) is 77.9 Å². The Kier molecular flexibility index (Phi) is 3.66. The topological polar surface area (TPSA) is 24.9 Å². The average Bonchev–Trinajstić information content (AvgIpc) is 2.51. The molecule has 3 heteroatoms. The summed E-state index contributed by atoms with van der Waals surface area (Å²) in [6, 6.07) is 22.2. The molecule has 0 radical (unpaired) electrons. The molecule has 0 fully saturated rings. The van der Waals surface area contributed by atoms with Crippen molar-refractivity contribution in [3.8, 4) is 11.1 Å². The molecule has 0 aliphatic carbocycles. The van der Waals surface area contributed by atoms with Crippen LogP contribution in [0.15, 0.2) is 72.9 Å². The molecule has 0 aliphatic heterocycles. The largest absolute Gasteiger partial charge is 0.340 e. The maximum atomic E-state index is 5.81. The Balaban J connectivity index is 1.78. The Morgan fingerprint density at radius 1 is 0.750 bits per heavy atom. The predicted molar refractivity (Wildman–Crippen MR) is 84.4 cm³/mol. The Hall–Kier alpha value is -2.32. The van der Waals surface area contributed by atoms with Crippen molar-refractivity contribution >= 4 is 23.1 Å². The second kappa shape index (κ2) is 5.76. The van der Waals surface area contributed by atoms with Crippen molar-refractivity contribution in [1.29, 1.82) is 0 Å². The summed E-state index contributed by atoms with van der Waals surface area (Å²) in [7, 11) is 0. The van der Waals surface area contributed by atoms with Gasteiger partial charge >= 0.3 is 0 Å². The second-order valence-corrected chi connectivity index (χ2v) is 4.87. The number of halogens is 1. The van der Waals surface area contributed by atoms with Gasteiger partial charge in [0.15, 0.2) is 0 Å². The van der Waals surface area contributed by atoms with Gasteiger partial charge in [-0.3, -0.25) is 0 Å². The number of rotatable bonds is 3. The quantitative estimate of drug-likeness (QED) is 0.718. The molecule has 1 N–H and O–H groups in total. The number of nitrogens with zero attached hydrogens (tertiary/aromatic N) is 1. The standard InChI is InChI=1S/C17H13ClN2/c18-15-8-11-17(19-12-15)20-16-9-6-14(7-10-16)13-4-2-1-3-5-13/h1-12H,(H,19,20). The van der Waals surface area contributed by atoms with E-state index in [0.29, 0.717) is 5.02 Å². The van der Waals surface area contributed by atoms with Gasteiger partial charge in [0.1, 0.15) is 5.82 Å². The van der Waals surface area contributed by atoms with Gasteiger partial charge in [-0.1, -0.05) is 54.1 Å². The number of benzene rings is 2. The fourth-order valence-electron chi connectivity index (χ4n) is 1.97. The summed E-state index contributed by atoms with van der Waals surface area (Å²) in [5, 5.41) is 3.87. The monoisotopic (exact) mass is 280 g/mol. The molecular formula is C17H13ClN2. The molecule has 0 saturated carbocycles. The number of nitrogens with one attached hydrogen (secondary N) is 1. The van der Waals surface area contributed by atoms with Crippen LogP contribution in [0.4, 0.5) is 11.5 Å². The summed E-state index contributed by atoms with van der Waals surface area (Å²) in [6.45, 7) is 0. The van der Waals surface area contributed by atoms with Crippen molar-refractivity contribution < 1.29 is 0 Å². The van der Waals surface area contributed by atoms with Crippen LogP contribution in [0.3, 0.4) is 0 Å². The highest BCUT2D eigenvalue weighted by atomic mass is 35.5. The lowest BCUT2D eigenvalue weighted by Gasteiger charge is -2.07. The van der Waals surface area contributed by atoms with Crippen LogP contribution in [0.5, 0.6) is 0 Å². The molecule has 98 valence electrons. The summed E-state index contributed by atoms with van der Waals surface area (Å²) in [4.78, 5) is 4.21. The number of anilines is 2. The molecule has 0 amide bonds. The van der Waals surface area contributed by atoms with Crippen LogP contribution in [-0.4, -0.2) is 4.98 Å². The van der Waals surface area contributed by atoms with Crippen molar-refractivity contribution in [1.82, 2.24) is 4.98 Å². The summed E-state index contributed by atoms with van der Waals surface area (Å²) in [6.07, 6.45) is 1.63. The third-order valence-electron chi connectivity index (χ3n) is 2.99. The van der Waals surface area contributed by atoms with E-state index in [1.165, 1.54) is 11.1 Å². The zero-order valence-corrected chi connectivity index (χ0v) is 11.5. The minimum atomic E-state index is 0.634. The van der Waals surface area contributed by atoms with Crippen molar-refractivity contribution in [2.75, 3.05) is 5.32 Å². The Morgan fingerprint density at radius 2 is 1.45 bits per heavy atom. The fraction of sp³-hybridized carbons (Fsp3) is 0. The van der Waals surface area contributed by atoms with Crippen LogP contribution in [0.1, 0.15) is 0 Å². The van der Waals surface area contributed by atoms with Crippen LogP contribution in [0.2, 0.25) is 5.02 Å². The Labute approximate surface area is 123 Å². The van der Waals surface area contributed by atoms with Crippen molar-refractivity contribution in [3.63, 3.8) is 0 Å². The first-order chi connectivity index (χ1) is 9.81. The molecule has 1 heterocycles. The molecular weight excluding hydrogens is 268 g/mol. The lowest BCUT2D eigenvalue weighted by Crippen LogP contribution is -1.92. The molecule has 0 atom stereocenters. The molecule has 0 saturated heterocycles. The van der Waals surface area contributed by atoms with Gasteiger partial charge in [-0.2, -0.15) is 0 Å². The van der Waals surface area contributed by atoms with Gasteiger partial charge in [0.2, 0.25) is 0 Å². The Bertz CT molecular complexity index is 676. The van der Waals surface area contributed by atoms with E-state index in [0.717, 1.165) is 11.5 Å². The molecule has 3 rings (SSSR count). The van der Waals surface area contributed by atoms with E-state index < -0.39 is 0 Å². The zero-order valence-electron chi connectivity index (χ0n) is 10.8. The summed E-state index contributed by atoms with van der Waals surface area (Å²) in [5.41, 5.74) is 3.41. The smallest absolute Gasteiger partial charge is 0.130 e. The first-order valence-electron chi connectivity index (χ1n) is 6.35. The molecule has 3 aromatic rings. The third kappa shape index (κ3) is 2.98. The third-order valence-corrected chi connectivity index (χ3v) is 3.22. The van der Waals surface area contributed by atoms with Crippen LogP contribution >= 0.6 is 11.6 Å². The molecule has 20 heavy (non-hydrogen) atoms. The van der Waals surface area contributed by atoms with Crippen LogP contribution in [0.25, 0.3) is 11.1 Å². The zero-order chi connectivity index (χ0) is 13.8. The first kappa shape index (κ1) is 12.7. The van der Waals surface area contributed by atoms with E-state index in [9.17, 15) is 0 Å². The highest BCUT2D eigenvalue weighted by molar-refractivity contribution is 6.30. The molecule has 0 unspecified atom stereocenters. The van der Waals surface area contributed by atoms with Crippen molar-refractivity contribution in [2.24, 2.45) is 0 Å². The lowest BCUT2D eigenvalue weighted by atomic mass is 10.1.